The van der Waals surface area contributed by atoms with Crippen LogP contribution in [0, 0.1) is 5.82 Å². The third kappa shape index (κ3) is 4.06. The standard InChI is InChI=1S/C12H13FN4O3S2/c1-7(9-3-5-10(13)6-4-9)17-22(19,20)12-16-15-11(21-12)14-8(2)18/h3-7,17H,1-2H3,(H,14,15,18). The zero-order chi connectivity index (χ0) is 16.3. The molecule has 2 N–H and O–H groups in total. The number of benzene rings is 1. The van der Waals surface area contributed by atoms with E-state index in [-0.39, 0.29) is 15.4 Å². The molecule has 7 nitrogen and oxygen atoms in total. The van der Waals surface area contributed by atoms with E-state index in [9.17, 15) is 17.6 Å². The molecular formula is C12H13FN4O3S2. The Morgan fingerprint density at radius 1 is 1.27 bits per heavy atom. The van der Waals surface area contributed by atoms with E-state index < -0.39 is 21.9 Å². The Morgan fingerprint density at radius 3 is 2.50 bits per heavy atom. The van der Waals surface area contributed by atoms with Crippen molar-refractivity contribution in [1.82, 2.24) is 14.9 Å². The lowest BCUT2D eigenvalue weighted by atomic mass is 10.1. The molecule has 1 unspecified atom stereocenters. The van der Waals surface area contributed by atoms with Gasteiger partial charge in [0.15, 0.2) is 0 Å². The minimum absolute atomic E-state index is 0.0994. The summed E-state index contributed by atoms with van der Waals surface area (Å²) in [6, 6.07) is 4.91. The van der Waals surface area contributed by atoms with Crippen LogP contribution in [-0.2, 0) is 14.8 Å². The minimum Gasteiger partial charge on any atom is -0.301 e. The number of aromatic nitrogens is 2. The van der Waals surface area contributed by atoms with Crippen molar-refractivity contribution in [3.8, 4) is 0 Å². The highest BCUT2D eigenvalue weighted by Crippen LogP contribution is 2.22. The number of carbonyl (C=O) groups excluding carboxylic acids is 1. The molecule has 0 radical (unpaired) electrons. The summed E-state index contributed by atoms with van der Waals surface area (Å²) in [6.07, 6.45) is 0. The Hall–Kier alpha value is -1.91. The molecule has 118 valence electrons. The molecule has 1 heterocycles. The number of carbonyl (C=O) groups is 1. The van der Waals surface area contributed by atoms with Gasteiger partial charge in [-0.05, 0) is 24.6 Å². The van der Waals surface area contributed by atoms with E-state index in [4.69, 9.17) is 0 Å². The molecule has 0 saturated heterocycles. The molecule has 0 fully saturated rings. The average Bonchev–Trinajstić information content (AvgIpc) is 2.87. The number of nitrogens with zero attached hydrogens (tertiary/aromatic N) is 2. The second-order valence-corrected chi connectivity index (χ2v) is 7.31. The van der Waals surface area contributed by atoms with E-state index in [0.717, 1.165) is 11.3 Å². The number of hydrogen-bond acceptors (Lipinski definition) is 6. The number of sulfonamides is 1. The van der Waals surface area contributed by atoms with Crippen LogP contribution < -0.4 is 10.0 Å². The smallest absolute Gasteiger partial charge is 0.270 e. The van der Waals surface area contributed by atoms with Crippen LogP contribution >= 0.6 is 11.3 Å². The monoisotopic (exact) mass is 344 g/mol. The second kappa shape index (κ2) is 6.46. The van der Waals surface area contributed by atoms with Crippen LogP contribution in [0.15, 0.2) is 28.6 Å². The van der Waals surface area contributed by atoms with Gasteiger partial charge in [0, 0.05) is 13.0 Å². The maximum atomic E-state index is 12.9. The van der Waals surface area contributed by atoms with Gasteiger partial charge >= 0.3 is 0 Å². The molecule has 0 aliphatic carbocycles. The van der Waals surface area contributed by atoms with Crippen molar-refractivity contribution in [3.05, 3.63) is 35.6 Å². The Labute approximate surface area is 130 Å². The van der Waals surface area contributed by atoms with Crippen molar-refractivity contribution in [2.24, 2.45) is 0 Å². The van der Waals surface area contributed by atoms with Crippen molar-refractivity contribution >= 4 is 32.4 Å². The van der Waals surface area contributed by atoms with E-state index >= 15 is 0 Å². The fraction of sp³-hybridized carbons (Fsp3) is 0.250. The summed E-state index contributed by atoms with van der Waals surface area (Å²) in [6.45, 7) is 2.91. The van der Waals surface area contributed by atoms with Gasteiger partial charge in [0.25, 0.3) is 10.0 Å². The van der Waals surface area contributed by atoms with E-state index in [2.05, 4.69) is 20.2 Å². The molecule has 0 spiro atoms. The maximum absolute atomic E-state index is 12.9. The fourth-order valence-corrected chi connectivity index (χ4v) is 3.82. The summed E-state index contributed by atoms with van der Waals surface area (Å²) < 4.78 is 39.4. The Bertz CT molecular complexity index is 774. The first kappa shape index (κ1) is 16.5. The van der Waals surface area contributed by atoms with Crippen molar-refractivity contribution in [3.63, 3.8) is 0 Å². The normalized spacial score (nSPS) is 12.9. The first-order valence-corrected chi connectivity index (χ1v) is 8.47. The summed E-state index contributed by atoms with van der Waals surface area (Å²) in [7, 11) is -3.88. The highest BCUT2D eigenvalue weighted by molar-refractivity contribution is 7.91. The molecule has 0 bridgehead atoms. The Balaban J connectivity index is 2.14. The third-order valence-corrected chi connectivity index (χ3v) is 5.37. The summed E-state index contributed by atoms with van der Waals surface area (Å²) >= 11 is 0.743. The van der Waals surface area contributed by atoms with Gasteiger partial charge in [0.05, 0.1) is 0 Å². The predicted molar refractivity (Wildman–Crippen MR) is 79.3 cm³/mol. The molecule has 1 amide bonds. The van der Waals surface area contributed by atoms with Gasteiger partial charge in [-0.2, -0.15) is 0 Å². The molecule has 0 aliphatic rings. The van der Waals surface area contributed by atoms with Gasteiger partial charge in [-0.15, -0.1) is 10.2 Å². The lowest BCUT2D eigenvalue weighted by molar-refractivity contribution is -0.114. The first-order chi connectivity index (χ1) is 10.3. The highest BCUT2D eigenvalue weighted by atomic mass is 32.2. The van der Waals surface area contributed by atoms with Crippen LogP contribution in [0.5, 0.6) is 0 Å². The van der Waals surface area contributed by atoms with Crippen molar-refractivity contribution in [2.45, 2.75) is 24.2 Å². The Morgan fingerprint density at radius 2 is 1.91 bits per heavy atom. The van der Waals surface area contributed by atoms with Gasteiger partial charge in [-0.25, -0.2) is 17.5 Å². The van der Waals surface area contributed by atoms with E-state index in [1.807, 2.05) is 0 Å². The van der Waals surface area contributed by atoms with Crippen molar-refractivity contribution in [2.75, 3.05) is 5.32 Å². The molecular weight excluding hydrogens is 331 g/mol. The number of amides is 1. The number of hydrogen-bond donors (Lipinski definition) is 2. The second-order valence-electron chi connectivity index (χ2n) is 4.45. The van der Waals surface area contributed by atoms with Crippen LogP contribution in [0.25, 0.3) is 0 Å². The topological polar surface area (TPSA) is 101 Å². The summed E-state index contributed by atoms with van der Waals surface area (Å²) in [4.78, 5) is 10.9. The molecule has 10 heteroatoms. The number of halogens is 1. The zero-order valence-electron chi connectivity index (χ0n) is 11.7. The average molecular weight is 344 g/mol. The van der Waals surface area contributed by atoms with Gasteiger partial charge in [-0.3, -0.25) is 4.79 Å². The fourth-order valence-electron chi connectivity index (χ4n) is 1.62. The predicted octanol–water partition coefficient (Wildman–Crippen LogP) is 1.68. The summed E-state index contributed by atoms with van der Waals surface area (Å²) in [5.41, 5.74) is 0.608. The molecule has 0 saturated carbocycles. The van der Waals surface area contributed by atoms with Crippen LogP contribution in [-0.4, -0.2) is 24.5 Å². The Kier molecular flexibility index (Phi) is 4.84. The molecule has 0 aliphatic heterocycles. The van der Waals surface area contributed by atoms with E-state index in [1.165, 1.54) is 31.2 Å². The summed E-state index contributed by atoms with van der Waals surface area (Å²) in [5, 5.41) is 9.59. The molecule has 2 aromatic rings. The van der Waals surface area contributed by atoms with Gasteiger partial charge in [-0.1, -0.05) is 23.5 Å². The maximum Gasteiger partial charge on any atom is 0.270 e. The lowest BCUT2D eigenvalue weighted by Gasteiger charge is -2.12. The minimum atomic E-state index is -3.88. The first-order valence-electron chi connectivity index (χ1n) is 6.17. The highest BCUT2D eigenvalue weighted by Gasteiger charge is 2.23. The van der Waals surface area contributed by atoms with Gasteiger partial charge < -0.3 is 5.32 Å². The zero-order valence-corrected chi connectivity index (χ0v) is 13.3. The van der Waals surface area contributed by atoms with Crippen molar-refractivity contribution in [1.29, 1.82) is 0 Å². The van der Waals surface area contributed by atoms with Gasteiger partial charge in [0.2, 0.25) is 15.4 Å². The SMILES string of the molecule is CC(=O)Nc1nnc(S(=O)(=O)NC(C)c2ccc(F)cc2)s1. The largest absolute Gasteiger partial charge is 0.301 e. The number of anilines is 1. The molecule has 2 rings (SSSR count). The molecule has 22 heavy (non-hydrogen) atoms. The van der Waals surface area contributed by atoms with Crippen molar-refractivity contribution < 1.29 is 17.6 Å². The molecule has 1 aromatic heterocycles. The number of nitrogens with one attached hydrogen (secondary N) is 2. The third-order valence-electron chi connectivity index (χ3n) is 2.62. The van der Waals surface area contributed by atoms with E-state index in [0.29, 0.717) is 5.56 Å². The summed E-state index contributed by atoms with van der Waals surface area (Å²) in [5.74, 6) is -0.768. The molecule has 1 atom stereocenters. The molecule has 1 aromatic carbocycles. The van der Waals surface area contributed by atoms with E-state index in [1.54, 1.807) is 6.92 Å². The lowest BCUT2D eigenvalue weighted by Crippen LogP contribution is -2.26. The van der Waals surface area contributed by atoms with Crippen LogP contribution in [0.1, 0.15) is 25.5 Å². The van der Waals surface area contributed by atoms with Gasteiger partial charge in [0.1, 0.15) is 5.82 Å². The van der Waals surface area contributed by atoms with Crippen LogP contribution in [0.2, 0.25) is 0 Å². The van der Waals surface area contributed by atoms with Crippen LogP contribution in [0.3, 0.4) is 0 Å². The number of rotatable bonds is 5. The quantitative estimate of drug-likeness (QED) is 0.804. The van der Waals surface area contributed by atoms with Crippen LogP contribution in [0.4, 0.5) is 9.52 Å².